The molecule has 0 aromatic rings. The summed E-state index contributed by atoms with van der Waals surface area (Å²) in [7, 11) is 0. The van der Waals surface area contributed by atoms with Crippen molar-refractivity contribution < 1.29 is 22.8 Å². The molecule has 9 atom stereocenters. The van der Waals surface area contributed by atoms with Crippen molar-refractivity contribution in [2.24, 2.45) is 41.4 Å². The van der Waals surface area contributed by atoms with E-state index in [4.69, 9.17) is 0 Å². The molecule has 2 nitrogen and oxygen atoms in total. The maximum atomic E-state index is 13.5. The molecule has 5 aliphatic rings. The Morgan fingerprint density at radius 3 is 2.06 bits per heavy atom. The number of fused-ring (bicyclic) bond motifs is 3. The van der Waals surface area contributed by atoms with E-state index in [9.17, 15) is 22.8 Å². The van der Waals surface area contributed by atoms with Crippen molar-refractivity contribution in [2.75, 3.05) is 0 Å². The van der Waals surface area contributed by atoms with E-state index in [1.54, 1.807) is 0 Å². The van der Waals surface area contributed by atoms with Crippen LogP contribution in [-0.4, -0.2) is 32.7 Å². The fourth-order valence-corrected chi connectivity index (χ4v) is 11.9. The number of alkyl halides is 3. The van der Waals surface area contributed by atoms with Gasteiger partial charge in [0.2, 0.25) is 0 Å². The van der Waals surface area contributed by atoms with Crippen LogP contribution in [0.2, 0.25) is 9.63 Å². The van der Waals surface area contributed by atoms with Crippen molar-refractivity contribution in [1.82, 2.24) is 0 Å². The van der Waals surface area contributed by atoms with Gasteiger partial charge in [-0.25, -0.2) is 0 Å². The summed E-state index contributed by atoms with van der Waals surface area (Å²) in [6.07, 6.45) is 7.40. The predicted octanol–water partition coefficient (Wildman–Crippen LogP) is 6.42. The van der Waals surface area contributed by atoms with Gasteiger partial charge in [-0.05, 0) is 0 Å². The van der Waals surface area contributed by atoms with Gasteiger partial charge in [0.1, 0.15) is 0 Å². The molecule has 5 fully saturated rings. The summed E-state index contributed by atoms with van der Waals surface area (Å²) in [5, 5.41) is 0. The molecule has 31 heavy (non-hydrogen) atoms. The average Bonchev–Trinajstić information content (AvgIpc) is 2.76. The topological polar surface area (TPSA) is 34.1 Å². The molecular weight excluding hydrogens is 468 g/mol. The number of halogens is 3. The second kappa shape index (κ2) is 8.78. The first-order chi connectivity index (χ1) is 14.8. The van der Waals surface area contributed by atoms with Crippen LogP contribution in [0.25, 0.3) is 0 Å². The Morgan fingerprint density at radius 2 is 1.32 bits per heavy atom. The van der Waals surface area contributed by atoms with Crippen LogP contribution in [-0.2, 0) is 9.59 Å². The third-order valence-corrected chi connectivity index (χ3v) is 13.0. The molecule has 0 aromatic carbocycles. The summed E-state index contributed by atoms with van der Waals surface area (Å²) in [5.41, 5.74) is 0. The molecule has 174 valence electrons. The van der Waals surface area contributed by atoms with E-state index in [1.807, 2.05) is 0 Å². The molecule has 0 amide bonds. The number of rotatable bonds is 2. The molecule has 0 N–H and O–H groups in total. The predicted molar refractivity (Wildman–Crippen MR) is 114 cm³/mol. The van der Waals surface area contributed by atoms with E-state index in [2.05, 4.69) is 0 Å². The van der Waals surface area contributed by atoms with Gasteiger partial charge in [0, 0.05) is 0 Å². The molecule has 5 saturated carbocycles. The third kappa shape index (κ3) is 4.29. The van der Waals surface area contributed by atoms with Crippen LogP contribution < -0.4 is 0 Å². The number of hydrogen-bond donors (Lipinski definition) is 0. The van der Waals surface area contributed by atoms with Gasteiger partial charge in [-0.15, -0.1) is 0 Å². The summed E-state index contributed by atoms with van der Waals surface area (Å²) in [6.45, 7) is 0. The first-order valence-electron chi connectivity index (χ1n) is 12.6. The Morgan fingerprint density at radius 1 is 0.677 bits per heavy atom. The molecule has 0 bridgehead atoms. The zero-order valence-corrected chi connectivity index (χ0v) is 20.0. The second-order valence-electron chi connectivity index (χ2n) is 11.0. The van der Waals surface area contributed by atoms with Gasteiger partial charge in [0.25, 0.3) is 0 Å². The molecular formula is C25H35F3O2Se. The molecule has 0 heterocycles. The van der Waals surface area contributed by atoms with Gasteiger partial charge < -0.3 is 0 Å². The molecule has 0 aromatic heterocycles. The van der Waals surface area contributed by atoms with Gasteiger partial charge in [-0.1, -0.05) is 0 Å². The Balaban J connectivity index is 1.24. The van der Waals surface area contributed by atoms with Crippen molar-refractivity contribution in [3.05, 3.63) is 0 Å². The summed E-state index contributed by atoms with van der Waals surface area (Å²) in [5.74, 6) is 0.372. The van der Waals surface area contributed by atoms with Crippen molar-refractivity contribution in [1.29, 1.82) is 0 Å². The van der Waals surface area contributed by atoms with Crippen molar-refractivity contribution >= 4 is 26.5 Å². The minimum atomic E-state index is -4.03. The quantitative estimate of drug-likeness (QED) is 0.408. The fourth-order valence-electron chi connectivity index (χ4n) is 7.86. The summed E-state index contributed by atoms with van der Waals surface area (Å²) < 4.78 is 39.5. The Kier molecular flexibility index (Phi) is 6.36. The Hall–Kier alpha value is -0.351. The van der Waals surface area contributed by atoms with E-state index in [1.165, 1.54) is 0 Å². The molecule has 0 spiro atoms. The van der Waals surface area contributed by atoms with Crippen LogP contribution in [0.15, 0.2) is 0 Å². The van der Waals surface area contributed by atoms with E-state index in [0.29, 0.717) is 54.9 Å². The van der Waals surface area contributed by atoms with Gasteiger partial charge >= 0.3 is 190 Å². The number of ketones is 2. The standard InChI is InChI=1S/C25H35F3O2Se/c26-25(27,28)16-10-8-15-13-17(11-9-14(15)12-16)31-21-7-3-6-20-22(21)24(30)19-5-2-1-4-18(19)23(20)29/h14-22H,1-13H2. The number of Topliss-reactive ketones (excluding diaryl/α,β-unsaturated/α-hetero) is 2. The minimum absolute atomic E-state index is 0.00715. The average molecular weight is 504 g/mol. The third-order valence-electron chi connectivity index (χ3n) is 9.42. The second-order valence-corrected chi connectivity index (χ2v) is 14.3. The van der Waals surface area contributed by atoms with Crippen LogP contribution in [0.5, 0.6) is 0 Å². The van der Waals surface area contributed by atoms with E-state index < -0.39 is 12.1 Å². The zero-order valence-electron chi connectivity index (χ0n) is 18.2. The fraction of sp³-hybridized carbons (Fsp3) is 0.920. The molecule has 6 heteroatoms. The number of carbonyl (C=O) groups is 2. The number of carbonyl (C=O) groups excluding carboxylic acids is 2. The van der Waals surface area contributed by atoms with Crippen LogP contribution in [0.4, 0.5) is 13.2 Å². The Bertz CT molecular complexity index is 707. The summed E-state index contributed by atoms with van der Waals surface area (Å²) in [4.78, 5) is 27.7. The first-order valence-corrected chi connectivity index (χ1v) is 14.6. The van der Waals surface area contributed by atoms with Crippen LogP contribution in [0, 0.1) is 41.4 Å². The van der Waals surface area contributed by atoms with Gasteiger partial charge in [0.05, 0.1) is 0 Å². The number of hydrogen-bond acceptors (Lipinski definition) is 2. The van der Waals surface area contributed by atoms with E-state index in [0.717, 1.165) is 70.6 Å². The normalized spacial score (nSPS) is 46.1. The van der Waals surface area contributed by atoms with Gasteiger partial charge in [-0.3, -0.25) is 0 Å². The molecule has 0 saturated heterocycles. The van der Waals surface area contributed by atoms with Gasteiger partial charge in [-0.2, -0.15) is 0 Å². The zero-order chi connectivity index (χ0) is 21.8. The van der Waals surface area contributed by atoms with Crippen LogP contribution >= 0.6 is 0 Å². The monoisotopic (exact) mass is 504 g/mol. The molecule has 5 aliphatic carbocycles. The SMILES string of the molecule is O=C1C2CCCCC2C(=O)C2C([Se]C3CCC4CC(C(F)(F)F)CCC4C3)CCCC12. The van der Waals surface area contributed by atoms with Gasteiger partial charge in [0.15, 0.2) is 0 Å². The molecule has 5 rings (SSSR count). The molecule has 0 radical (unpaired) electrons. The maximum absolute atomic E-state index is 13.5. The molecule has 9 unspecified atom stereocenters. The summed E-state index contributed by atoms with van der Waals surface area (Å²) in [6, 6.07) is 0. The summed E-state index contributed by atoms with van der Waals surface area (Å²) >= 11 is 0.326. The van der Waals surface area contributed by atoms with Crippen molar-refractivity contribution in [2.45, 2.75) is 99.3 Å². The Labute approximate surface area is 190 Å². The van der Waals surface area contributed by atoms with Crippen LogP contribution in [0.3, 0.4) is 0 Å². The molecule has 0 aliphatic heterocycles. The van der Waals surface area contributed by atoms with Crippen LogP contribution in [0.1, 0.15) is 83.5 Å². The van der Waals surface area contributed by atoms with E-state index in [-0.39, 0.29) is 29.6 Å². The first kappa shape index (κ1) is 22.4. The van der Waals surface area contributed by atoms with E-state index >= 15 is 0 Å². The van der Waals surface area contributed by atoms with Crippen molar-refractivity contribution in [3.63, 3.8) is 0 Å². The van der Waals surface area contributed by atoms with Crippen molar-refractivity contribution in [3.8, 4) is 0 Å².